The van der Waals surface area contributed by atoms with E-state index >= 15 is 0 Å². The van der Waals surface area contributed by atoms with Crippen molar-refractivity contribution < 1.29 is 19.1 Å². The molecule has 28 heavy (non-hydrogen) atoms. The van der Waals surface area contributed by atoms with Gasteiger partial charge in [-0.25, -0.2) is 0 Å². The molecule has 0 saturated carbocycles. The molecule has 142 valence electrons. The standard InChI is InChI=1S/C22H19NO4S/c1-3-12-23-21(24)20(28-22(23)25)14-17-10-11-18(19(13-17)26-4-2)27-15-16-8-6-5-7-9-16/h1,5-11,13-14H,4,12,15H2,2H3/b20-14-. The molecule has 0 N–H and O–H groups in total. The van der Waals surface area contributed by atoms with Gasteiger partial charge in [0.15, 0.2) is 11.5 Å². The molecule has 3 rings (SSSR count). The average Bonchev–Trinajstić information content (AvgIpc) is 2.96. The monoisotopic (exact) mass is 393 g/mol. The van der Waals surface area contributed by atoms with Crippen LogP contribution in [0.4, 0.5) is 4.79 Å². The van der Waals surface area contributed by atoms with Crippen LogP contribution in [0.3, 0.4) is 0 Å². The smallest absolute Gasteiger partial charge is 0.294 e. The molecule has 0 radical (unpaired) electrons. The highest BCUT2D eigenvalue weighted by Gasteiger charge is 2.34. The van der Waals surface area contributed by atoms with E-state index in [1.165, 1.54) is 0 Å². The van der Waals surface area contributed by atoms with E-state index in [2.05, 4.69) is 5.92 Å². The van der Waals surface area contributed by atoms with Gasteiger partial charge in [-0.1, -0.05) is 42.3 Å². The first kappa shape index (κ1) is 19.6. The average molecular weight is 393 g/mol. The van der Waals surface area contributed by atoms with Crippen LogP contribution in [-0.4, -0.2) is 29.2 Å². The van der Waals surface area contributed by atoms with Gasteiger partial charge in [-0.15, -0.1) is 6.42 Å². The fourth-order valence-electron chi connectivity index (χ4n) is 2.62. The summed E-state index contributed by atoms with van der Waals surface area (Å²) in [7, 11) is 0. The molecular formula is C22H19NO4S. The van der Waals surface area contributed by atoms with E-state index in [1.54, 1.807) is 18.2 Å². The van der Waals surface area contributed by atoms with Crippen LogP contribution in [0.5, 0.6) is 11.5 Å². The van der Waals surface area contributed by atoms with Gasteiger partial charge in [0.1, 0.15) is 6.61 Å². The van der Waals surface area contributed by atoms with Crippen LogP contribution < -0.4 is 9.47 Å². The van der Waals surface area contributed by atoms with Crippen molar-refractivity contribution in [2.24, 2.45) is 0 Å². The van der Waals surface area contributed by atoms with E-state index in [0.717, 1.165) is 27.8 Å². The zero-order valence-electron chi connectivity index (χ0n) is 15.4. The molecule has 0 unspecified atom stereocenters. The lowest BCUT2D eigenvalue weighted by atomic mass is 10.1. The van der Waals surface area contributed by atoms with Gasteiger partial charge in [-0.3, -0.25) is 14.5 Å². The number of terminal acetylenes is 1. The fraction of sp³-hybridized carbons (Fsp3) is 0.182. The first-order valence-corrected chi connectivity index (χ1v) is 9.56. The number of hydrogen-bond acceptors (Lipinski definition) is 5. The summed E-state index contributed by atoms with van der Waals surface area (Å²) in [6.45, 7) is 2.76. The molecule has 1 aliphatic rings. The number of amides is 2. The second-order valence-electron chi connectivity index (χ2n) is 5.89. The van der Waals surface area contributed by atoms with Gasteiger partial charge in [0.2, 0.25) is 0 Å². The van der Waals surface area contributed by atoms with Crippen molar-refractivity contribution in [3.63, 3.8) is 0 Å². The molecule has 0 aliphatic carbocycles. The second kappa shape index (κ2) is 9.16. The highest BCUT2D eigenvalue weighted by Crippen LogP contribution is 2.34. The number of benzene rings is 2. The SMILES string of the molecule is C#CCN1C(=O)S/C(=C\c2ccc(OCc3ccccc3)c(OCC)c2)C1=O. The highest BCUT2D eigenvalue weighted by atomic mass is 32.2. The molecule has 5 nitrogen and oxygen atoms in total. The minimum atomic E-state index is -0.379. The van der Waals surface area contributed by atoms with Crippen molar-refractivity contribution in [2.45, 2.75) is 13.5 Å². The van der Waals surface area contributed by atoms with Crippen molar-refractivity contribution in [3.8, 4) is 23.8 Å². The van der Waals surface area contributed by atoms with Gasteiger partial charge >= 0.3 is 0 Å². The van der Waals surface area contributed by atoms with Crippen LogP contribution in [0.15, 0.2) is 53.4 Å². The minimum absolute atomic E-state index is 0.0293. The minimum Gasteiger partial charge on any atom is -0.490 e. The number of ether oxygens (including phenoxy) is 2. The molecule has 0 spiro atoms. The van der Waals surface area contributed by atoms with Crippen molar-refractivity contribution in [1.29, 1.82) is 0 Å². The molecule has 2 aromatic carbocycles. The number of nitrogens with zero attached hydrogens (tertiary/aromatic N) is 1. The Kier molecular flexibility index (Phi) is 6.41. The summed E-state index contributed by atoms with van der Waals surface area (Å²) in [4.78, 5) is 25.6. The highest BCUT2D eigenvalue weighted by molar-refractivity contribution is 8.18. The molecule has 0 atom stereocenters. The van der Waals surface area contributed by atoms with Gasteiger partial charge in [0.05, 0.1) is 18.1 Å². The quantitative estimate of drug-likeness (QED) is 0.518. The molecule has 1 saturated heterocycles. The third-order valence-electron chi connectivity index (χ3n) is 3.93. The van der Waals surface area contributed by atoms with E-state index in [1.807, 2.05) is 43.3 Å². The Morgan fingerprint density at radius 3 is 2.61 bits per heavy atom. The summed E-state index contributed by atoms with van der Waals surface area (Å²) in [5, 5.41) is -0.359. The van der Waals surface area contributed by atoms with Gasteiger partial charge in [-0.2, -0.15) is 0 Å². The normalized spacial score (nSPS) is 15.0. The summed E-state index contributed by atoms with van der Waals surface area (Å²) >= 11 is 0.878. The van der Waals surface area contributed by atoms with E-state index in [4.69, 9.17) is 15.9 Å². The summed E-state index contributed by atoms with van der Waals surface area (Å²) in [5.41, 5.74) is 1.79. The van der Waals surface area contributed by atoms with Gasteiger partial charge in [0.25, 0.3) is 11.1 Å². The summed E-state index contributed by atoms with van der Waals surface area (Å²) < 4.78 is 11.6. The van der Waals surface area contributed by atoms with E-state index in [9.17, 15) is 9.59 Å². The molecule has 1 fully saturated rings. The molecule has 0 aromatic heterocycles. The Hall–Kier alpha value is -3.17. The zero-order valence-corrected chi connectivity index (χ0v) is 16.2. The molecule has 2 amide bonds. The molecule has 0 bridgehead atoms. The van der Waals surface area contributed by atoms with E-state index in [0.29, 0.717) is 29.6 Å². The molecule has 1 heterocycles. The van der Waals surface area contributed by atoms with Crippen LogP contribution in [0, 0.1) is 12.3 Å². The van der Waals surface area contributed by atoms with Crippen LogP contribution >= 0.6 is 11.8 Å². The lowest BCUT2D eigenvalue weighted by Gasteiger charge is -2.13. The van der Waals surface area contributed by atoms with Gasteiger partial charge in [0, 0.05) is 0 Å². The van der Waals surface area contributed by atoms with Crippen molar-refractivity contribution in [2.75, 3.05) is 13.2 Å². The maximum atomic E-state index is 12.3. The number of carbonyl (C=O) groups is 2. The van der Waals surface area contributed by atoms with Crippen LogP contribution in [0.25, 0.3) is 6.08 Å². The molecule has 2 aromatic rings. The van der Waals surface area contributed by atoms with Crippen molar-refractivity contribution >= 4 is 29.0 Å². The van der Waals surface area contributed by atoms with E-state index < -0.39 is 0 Å². The second-order valence-corrected chi connectivity index (χ2v) is 6.88. The Labute approximate surface area is 168 Å². The predicted molar refractivity (Wildman–Crippen MR) is 110 cm³/mol. The third kappa shape index (κ3) is 4.56. The van der Waals surface area contributed by atoms with Crippen LogP contribution in [0.2, 0.25) is 0 Å². The summed E-state index contributed by atoms with van der Waals surface area (Å²) in [6, 6.07) is 15.2. The van der Waals surface area contributed by atoms with E-state index in [-0.39, 0.29) is 17.7 Å². The fourth-order valence-corrected chi connectivity index (χ4v) is 3.45. The maximum absolute atomic E-state index is 12.3. The number of rotatable bonds is 7. The number of carbonyl (C=O) groups excluding carboxylic acids is 2. The van der Waals surface area contributed by atoms with Gasteiger partial charge < -0.3 is 9.47 Å². The number of imide groups is 1. The first-order valence-electron chi connectivity index (χ1n) is 8.74. The van der Waals surface area contributed by atoms with Crippen LogP contribution in [0.1, 0.15) is 18.1 Å². The van der Waals surface area contributed by atoms with Gasteiger partial charge in [-0.05, 0) is 48.0 Å². The number of hydrogen-bond donors (Lipinski definition) is 0. The molecule has 6 heteroatoms. The zero-order chi connectivity index (χ0) is 19.9. The largest absolute Gasteiger partial charge is 0.490 e. The Bertz CT molecular complexity index is 947. The predicted octanol–water partition coefficient (Wildman–Crippen LogP) is 4.33. The lowest BCUT2D eigenvalue weighted by Crippen LogP contribution is -2.28. The molecular weight excluding hydrogens is 374 g/mol. The maximum Gasteiger partial charge on any atom is 0.294 e. The van der Waals surface area contributed by atoms with Crippen molar-refractivity contribution in [3.05, 3.63) is 64.6 Å². The first-order chi connectivity index (χ1) is 13.6. The summed E-state index contributed by atoms with van der Waals surface area (Å²) in [5.74, 6) is 3.14. The Morgan fingerprint density at radius 1 is 1.11 bits per heavy atom. The van der Waals surface area contributed by atoms with Crippen molar-refractivity contribution in [1.82, 2.24) is 4.90 Å². The lowest BCUT2D eigenvalue weighted by molar-refractivity contribution is -0.122. The Morgan fingerprint density at radius 2 is 1.89 bits per heavy atom. The summed E-state index contributed by atoms with van der Waals surface area (Å²) in [6.07, 6.45) is 6.87. The van der Waals surface area contributed by atoms with Crippen LogP contribution in [-0.2, 0) is 11.4 Å². The number of thioether (sulfide) groups is 1. The Balaban J connectivity index is 1.80. The topological polar surface area (TPSA) is 55.8 Å². The third-order valence-corrected chi connectivity index (χ3v) is 4.83. The molecule has 1 aliphatic heterocycles.